The van der Waals surface area contributed by atoms with Gasteiger partial charge in [0.2, 0.25) is 5.95 Å². The Morgan fingerprint density at radius 2 is 0.938 bits per heavy atom. The molecule has 11 aromatic carbocycles. The fourth-order valence-electron chi connectivity index (χ4n) is 11.3. The van der Waals surface area contributed by atoms with Crippen LogP contribution in [-0.2, 0) is 0 Å². The lowest BCUT2D eigenvalue weighted by Crippen LogP contribution is -2.03. The van der Waals surface area contributed by atoms with Gasteiger partial charge in [-0.15, -0.1) is 0 Å². The number of fused-ring (bicyclic) bond motifs is 6. The van der Waals surface area contributed by atoms with E-state index in [2.05, 4.69) is 215 Å². The van der Waals surface area contributed by atoms with E-state index in [1.165, 1.54) is 92.4 Å². The minimum absolute atomic E-state index is 0.662. The summed E-state index contributed by atoms with van der Waals surface area (Å²) in [5.41, 5.74) is 13.5. The molecule has 0 saturated carbocycles. The number of benzene rings is 11. The molecule has 0 atom stereocenters. The summed E-state index contributed by atoms with van der Waals surface area (Å²) < 4.78 is 4.68. The first-order valence-electron chi connectivity index (χ1n) is 22.0. The Morgan fingerprint density at radius 1 is 0.297 bits per heavy atom. The van der Waals surface area contributed by atoms with Crippen molar-refractivity contribution >= 4 is 97.6 Å². The smallest absolute Gasteiger partial charge is 0.235 e. The lowest BCUT2D eigenvalue weighted by Gasteiger charge is -2.17. The van der Waals surface area contributed by atoms with E-state index in [-0.39, 0.29) is 0 Å². The van der Waals surface area contributed by atoms with E-state index in [4.69, 9.17) is 9.97 Å². The van der Waals surface area contributed by atoms with Gasteiger partial charge in [-0.3, -0.25) is 4.57 Å². The molecule has 14 aromatic rings. The van der Waals surface area contributed by atoms with E-state index in [0.29, 0.717) is 5.95 Å². The number of rotatable bonds is 4. The summed E-state index contributed by atoms with van der Waals surface area (Å²) in [6.45, 7) is 0. The third-order valence-corrected chi connectivity index (χ3v) is 14.0. The first-order chi connectivity index (χ1) is 31.7. The van der Waals surface area contributed by atoms with E-state index >= 15 is 0 Å². The highest BCUT2D eigenvalue weighted by atomic mass is 15.2. The van der Waals surface area contributed by atoms with Crippen LogP contribution in [0.1, 0.15) is 0 Å². The summed E-state index contributed by atoms with van der Waals surface area (Å²) in [5, 5.41) is 16.0. The number of hydrogen-bond acceptors (Lipinski definition) is 2. The van der Waals surface area contributed by atoms with Gasteiger partial charge >= 0.3 is 0 Å². The maximum Gasteiger partial charge on any atom is 0.235 e. The zero-order valence-electron chi connectivity index (χ0n) is 34.4. The molecule has 0 unspecified atom stereocenters. The summed E-state index contributed by atoms with van der Waals surface area (Å²) in [6.07, 6.45) is 0. The van der Waals surface area contributed by atoms with Crippen molar-refractivity contribution in [3.8, 4) is 45.1 Å². The van der Waals surface area contributed by atoms with Crippen LogP contribution in [0.2, 0.25) is 0 Å². The fourth-order valence-corrected chi connectivity index (χ4v) is 11.3. The van der Waals surface area contributed by atoms with E-state index in [0.717, 1.165) is 44.4 Å². The Morgan fingerprint density at radius 3 is 1.86 bits per heavy atom. The fraction of sp³-hybridized carbons (Fsp3) is 0. The van der Waals surface area contributed by atoms with Crippen molar-refractivity contribution < 1.29 is 0 Å². The molecule has 3 aromatic heterocycles. The molecule has 4 nitrogen and oxygen atoms in total. The maximum atomic E-state index is 5.60. The van der Waals surface area contributed by atoms with Crippen molar-refractivity contribution in [1.82, 2.24) is 19.1 Å². The average molecular weight is 811 g/mol. The number of aromatic nitrogens is 4. The van der Waals surface area contributed by atoms with Crippen molar-refractivity contribution in [2.45, 2.75) is 0 Å². The highest BCUT2D eigenvalue weighted by molar-refractivity contribution is 6.39. The standard InChI is InChI=1S/C60H34N4/c1-2-14-41(15-3-1)63-50-22-9-7-16-42(50)48-34-40(29-30-51(48)63)59-46-17-6-8-21-49(46)61-60(62-59)64-52-23-11-20-44-43-18-10-19-45-47(38-26-24-35-12-4-5-13-37(35)32-38)33-39-27-25-36-28-31-53(64)58(57(44)52)54(36)55(39)56(43)45/h1-34H. The molecule has 0 spiro atoms. The summed E-state index contributed by atoms with van der Waals surface area (Å²) in [7, 11) is 0. The van der Waals surface area contributed by atoms with Gasteiger partial charge in [-0.1, -0.05) is 146 Å². The zero-order valence-corrected chi connectivity index (χ0v) is 34.4. The molecule has 4 heteroatoms. The average Bonchev–Trinajstić information content (AvgIpc) is 3.83. The van der Waals surface area contributed by atoms with Gasteiger partial charge in [-0.2, -0.15) is 0 Å². The molecule has 15 rings (SSSR count). The molecule has 3 heterocycles. The molecular weight excluding hydrogens is 777 g/mol. The SMILES string of the molecule is c1ccc(-n2c3ccccc3c3cc(-c4nc(-n5c6cccc7c6c6c8c(ccc9cc(-c%10ccc%11ccccc%11c%10)c%10cccc-7c%10c98)ccc65)nc5ccccc45)ccc32)cc1. The summed E-state index contributed by atoms with van der Waals surface area (Å²) in [6, 6.07) is 75.4. The summed E-state index contributed by atoms with van der Waals surface area (Å²) in [4.78, 5) is 11.0. The van der Waals surface area contributed by atoms with Gasteiger partial charge in [0.15, 0.2) is 0 Å². The molecule has 0 amide bonds. The summed E-state index contributed by atoms with van der Waals surface area (Å²) in [5.74, 6) is 0.662. The molecule has 0 N–H and O–H groups in total. The first kappa shape index (κ1) is 34.0. The van der Waals surface area contributed by atoms with E-state index in [1.807, 2.05) is 0 Å². The molecule has 0 bridgehead atoms. The van der Waals surface area contributed by atoms with Gasteiger partial charge in [-0.05, 0) is 121 Å². The maximum absolute atomic E-state index is 5.60. The third-order valence-electron chi connectivity index (χ3n) is 14.0. The summed E-state index contributed by atoms with van der Waals surface area (Å²) >= 11 is 0. The second kappa shape index (κ2) is 12.5. The number of para-hydroxylation sites is 3. The van der Waals surface area contributed by atoms with E-state index in [9.17, 15) is 0 Å². The van der Waals surface area contributed by atoms with Crippen LogP contribution in [-0.4, -0.2) is 19.1 Å². The Balaban J connectivity index is 1.01. The molecule has 294 valence electrons. The van der Waals surface area contributed by atoms with E-state index in [1.54, 1.807) is 0 Å². The molecule has 0 saturated heterocycles. The lowest BCUT2D eigenvalue weighted by molar-refractivity contribution is 1.01. The molecule has 1 aliphatic rings. The van der Waals surface area contributed by atoms with Gasteiger partial charge in [0.25, 0.3) is 0 Å². The highest BCUT2D eigenvalue weighted by Gasteiger charge is 2.27. The van der Waals surface area contributed by atoms with Crippen LogP contribution in [0.25, 0.3) is 143 Å². The van der Waals surface area contributed by atoms with Gasteiger partial charge in [0.1, 0.15) is 0 Å². The number of hydrogen-bond donors (Lipinski definition) is 0. The third kappa shape index (κ3) is 4.51. The van der Waals surface area contributed by atoms with E-state index < -0.39 is 0 Å². The largest absolute Gasteiger partial charge is 0.309 e. The molecule has 0 aliphatic heterocycles. The zero-order chi connectivity index (χ0) is 41.6. The molecule has 0 radical (unpaired) electrons. The van der Waals surface area contributed by atoms with Gasteiger partial charge in [-0.25, -0.2) is 9.97 Å². The molecule has 1 aliphatic carbocycles. The van der Waals surface area contributed by atoms with Crippen LogP contribution in [0, 0.1) is 0 Å². The second-order valence-electron chi connectivity index (χ2n) is 17.3. The molecular formula is C60H34N4. The Bertz CT molecular complexity index is 4360. The van der Waals surface area contributed by atoms with Crippen LogP contribution in [0.5, 0.6) is 0 Å². The van der Waals surface area contributed by atoms with Crippen molar-refractivity contribution in [2.24, 2.45) is 0 Å². The van der Waals surface area contributed by atoms with Crippen LogP contribution in [0.15, 0.2) is 206 Å². The van der Waals surface area contributed by atoms with Crippen LogP contribution < -0.4 is 0 Å². The normalized spacial score (nSPS) is 12.4. The predicted octanol–water partition coefficient (Wildman–Crippen LogP) is 15.8. The van der Waals surface area contributed by atoms with Gasteiger partial charge in [0.05, 0.1) is 33.3 Å². The minimum Gasteiger partial charge on any atom is -0.309 e. The first-order valence-corrected chi connectivity index (χ1v) is 22.0. The van der Waals surface area contributed by atoms with Gasteiger partial charge in [0, 0.05) is 43.6 Å². The Hall–Kier alpha value is -8.60. The van der Waals surface area contributed by atoms with Gasteiger partial charge < -0.3 is 4.57 Å². The minimum atomic E-state index is 0.662. The van der Waals surface area contributed by atoms with Crippen molar-refractivity contribution in [3.05, 3.63) is 206 Å². The second-order valence-corrected chi connectivity index (χ2v) is 17.3. The lowest BCUT2D eigenvalue weighted by atomic mass is 9.87. The van der Waals surface area contributed by atoms with Crippen LogP contribution in [0.4, 0.5) is 0 Å². The van der Waals surface area contributed by atoms with Crippen LogP contribution >= 0.6 is 0 Å². The van der Waals surface area contributed by atoms with Crippen molar-refractivity contribution in [3.63, 3.8) is 0 Å². The highest BCUT2D eigenvalue weighted by Crippen LogP contribution is 2.51. The quantitative estimate of drug-likeness (QED) is 0.166. The topological polar surface area (TPSA) is 35.6 Å². The van der Waals surface area contributed by atoms with Crippen LogP contribution in [0.3, 0.4) is 0 Å². The molecule has 64 heavy (non-hydrogen) atoms. The number of nitrogens with zero attached hydrogens (tertiary/aromatic N) is 4. The Labute approximate surface area is 366 Å². The monoisotopic (exact) mass is 810 g/mol. The molecule has 0 fully saturated rings. The van der Waals surface area contributed by atoms with Crippen molar-refractivity contribution in [2.75, 3.05) is 0 Å². The Kier molecular flexibility index (Phi) is 6.65. The van der Waals surface area contributed by atoms with Crippen molar-refractivity contribution in [1.29, 1.82) is 0 Å². The predicted molar refractivity (Wildman–Crippen MR) is 268 cm³/mol.